The summed E-state index contributed by atoms with van der Waals surface area (Å²) in [6.45, 7) is 0.482. The number of fused-ring (bicyclic) bond motifs is 2. The Morgan fingerprint density at radius 1 is 1.10 bits per heavy atom. The first-order valence-electron chi connectivity index (χ1n) is 9.82. The van der Waals surface area contributed by atoms with Crippen molar-refractivity contribution in [2.75, 3.05) is 6.54 Å². The van der Waals surface area contributed by atoms with E-state index in [0.717, 1.165) is 29.3 Å². The molecule has 29 heavy (non-hydrogen) atoms. The smallest absolute Gasteiger partial charge is 0.287 e. The van der Waals surface area contributed by atoms with E-state index in [1.807, 2.05) is 36.5 Å². The van der Waals surface area contributed by atoms with Crippen molar-refractivity contribution >= 4 is 28.2 Å². The van der Waals surface area contributed by atoms with Gasteiger partial charge in [0.2, 0.25) is 5.82 Å². The number of amides is 2. The Morgan fingerprint density at radius 3 is 2.79 bits per heavy atom. The predicted molar refractivity (Wildman–Crippen MR) is 110 cm³/mol. The molecule has 0 aliphatic heterocycles. The maximum absolute atomic E-state index is 12.8. The second-order valence-corrected chi connectivity index (χ2v) is 7.35. The number of hydrogen-bond acceptors (Lipinski definition) is 3. The van der Waals surface area contributed by atoms with E-state index in [4.69, 9.17) is 0 Å². The lowest BCUT2D eigenvalue weighted by Crippen LogP contribution is -2.28. The first kappa shape index (κ1) is 17.5. The second kappa shape index (κ2) is 7.09. The van der Waals surface area contributed by atoms with Crippen molar-refractivity contribution in [2.24, 2.45) is 0 Å². The Kier molecular flexibility index (Phi) is 4.27. The van der Waals surface area contributed by atoms with Gasteiger partial charge in [0.05, 0.1) is 5.52 Å². The number of rotatable bonds is 6. The van der Waals surface area contributed by atoms with Gasteiger partial charge < -0.3 is 15.6 Å². The van der Waals surface area contributed by atoms with Crippen molar-refractivity contribution in [1.29, 1.82) is 0 Å². The molecule has 3 heterocycles. The van der Waals surface area contributed by atoms with Crippen LogP contribution in [0.5, 0.6) is 0 Å². The molecule has 7 heteroatoms. The Labute approximate surface area is 167 Å². The summed E-state index contributed by atoms with van der Waals surface area (Å²) in [7, 11) is 0. The number of nitrogens with zero attached hydrogens (tertiary/aromatic N) is 2. The Bertz CT molecular complexity index is 1220. The standard InChI is InChI=1S/C22H21N5O2/c28-21(23-11-10-14-13-24-17-6-2-1-5-16(14)17)19-18-7-3-4-12-27(18)20(26-19)22(29)25-15-8-9-15/h1-7,12-13,15,24H,8-11H2,(H,23,28)(H,25,29). The lowest BCUT2D eigenvalue weighted by atomic mass is 10.1. The van der Waals surface area contributed by atoms with Crippen molar-refractivity contribution < 1.29 is 9.59 Å². The van der Waals surface area contributed by atoms with Crippen LogP contribution in [0.2, 0.25) is 0 Å². The van der Waals surface area contributed by atoms with Crippen LogP contribution in [0.25, 0.3) is 16.4 Å². The van der Waals surface area contributed by atoms with Crippen LogP contribution in [0.15, 0.2) is 54.9 Å². The summed E-state index contributed by atoms with van der Waals surface area (Å²) in [5.74, 6) is -0.278. The molecule has 146 valence electrons. The lowest BCUT2D eigenvalue weighted by molar-refractivity contribution is 0.0940. The van der Waals surface area contributed by atoms with Gasteiger partial charge in [0.1, 0.15) is 0 Å². The molecule has 1 fully saturated rings. The minimum Gasteiger partial charge on any atom is -0.361 e. The van der Waals surface area contributed by atoms with E-state index in [-0.39, 0.29) is 29.4 Å². The molecule has 0 radical (unpaired) electrons. The molecule has 0 saturated heterocycles. The summed E-state index contributed by atoms with van der Waals surface area (Å²) < 4.78 is 1.67. The minimum absolute atomic E-state index is 0.229. The van der Waals surface area contributed by atoms with Crippen molar-refractivity contribution in [3.63, 3.8) is 0 Å². The van der Waals surface area contributed by atoms with Crippen LogP contribution < -0.4 is 10.6 Å². The second-order valence-electron chi connectivity index (χ2n) is 7.35. The third kappa shape index (κ3) is 3.35. The molecule has 0 bridgehead atoms. The van der Waals surface area contributed by atoms with E-state index in [1.54, 1.807) is 16.7 Å². The lowest BCUT2D eigenvalue weighted by Gasteiger charge is -2.03. The summed E-state index contributed by atoms with van der Waals surface area (Å²) >= 11 is 0. The van der Waals surface area contributed by atoms with E-state index in [2.05, 4.69) is 26.7 Å². The number of benzene rings is 1. The highest BCUT2D eigenvalue weighted by Gasteiger charge is 2.27. The van der Waals surface area contributed by atoms with Gasteiger partial charge in [-0.1, -0.05) is 24.3 Å². The molecule has 5 rings (SSSR count). The van der Waals surface area contributed by atoms with Gasteiger partial charge in [0.25, 0.3) is 11.8 Å². The van der Waals surface area contributed by atoms with Crippen LogP contribution in [0.1, 0.15) is 39.5 Å². The number of H-pyrrole nitrogens is 1. The number of imidazole rings is 1. The molecule has 4 aromatic rings. The largest absolute Gasteiger partial charge is 0.361 e. The molecule has 3 N–H and O–H groups in total. The zero-order valence-corrected chi connectivity index (χ0v) is 15.8. The molecule has 1 aromatic carbocycles. The summed E-state index contributed by atoms with van der Waals surface area (Å²) in [5.41, 5.74) is 3.13. The zero-order valence-electron chi connectivity index (χ0n) is 15.8. The number of hydrogen-bond donors (Lipinski definition) is 3. The molecule has 0 unspecified atom stereocenters. The van der Waals surface area contributed by atoms with Crippen molar-refractivity contribution in [3.8, 4) is 0 Å². The third-order valence-corrected chi connectivity index (χ3v) is 5.23. The van der Waals surface area contributed by atoms with Crippen LogP contribution in [0, 0.1) is 0 Å². The maximum atomic E-state index is 12.8. The average Bonchev–Trinajstić information content (AvgIpc) is 3.33. The molecule has 2 amide bonds. The Balaban J connectivity index is 1.33. The van der Waals surface area contributed by atoms with Gasteiger partial charge in [-0.05, 0) is 43.0 Å². The van der Waals surface area contributed by atoms with E-state index in [1.165, 1.54) is 0 Å². The molecule has 3 aromatic heterocycles. The molecule has 7 nitrogen and oxygen atoms in total. The third-order valence-electron chi connectivity index (χ3n) is 5.23. The highest BCUT2D eigenvalue weighted by atomic mass is 16.2. The zero-order chi connectivity index (χ0) is 19.8. The van der Waals surface area contributed by atoms with Gasteiger partial charge in [0, 0.05) is 35.9 Å². The van der Waals surface area contributed by atoms with Crippen molar-refractivity contribution in [2.45, 2.75) is 25.3 Å². The van der Waals surface area contributed by atoms with Crippen molar-refractivity contribution in [1.82, 2.24) is 25.0 Å². The van der Waals surface area contributed by atoms with Gasteiger partial charge >= 0.3 is 0 Å². The fourth-order valence-electron chi connectivity index (χ4n) is 3.58. The van der Waals surface area contributed by atoms with Gasteiger partial charge in [0.15, 0.2) is 5.69 Å². The molecule has 0 spiro atoms. The van der Waals surface area contributed by atoms with E-state index in [9.17, 15) is 9.59 Å². The molecule has 0 atom stereocenters. The number of carbonyl (C=O) groups is 2. The van der Waals surface area contributed by atoms with Crippen LogP contribution >= 0.6 is 0 Å². The summed E-state index contributed by atoms with van der Waals surface area (Å²) in [5, 5.41) is 7.04. The van der Waals surface area contributed by atoms with Crippen LogP contribution in [0.4, 0.5) is 0 Å². The topological polar surface area (TPSA) is 91.3 Å². The van der Waals surface area contributed by atoms with Gasteiger partial charge in [-0.2, -0.15) is 0 Å². The summed E-state index contributed by atoms with van der Waals surface area (Å²) in [6, 6.07) is 13.8. The van der Waals surface area contributed by atoms with Crippen LogP contribution in [-0.2, 0) is 6.42 Å². The highest BCUT2D eigenvalue weighted by Crippen LogP contribution is 2.20. The Hall–Kier alpha value is -3.61. The SMILES string of the molecule is O=C(NCCc1c[nH]c2ccccc12)c1nc(C(=O)NC2CC2)n2ccccc12. The number of aromatic nitrogens is 3. The number of carbonyl (C=O) groups excluding carboxylic acids is 2. The highest BCUT2D eigenvalue weighted by molar-refractivity contribution is 6.02. The molecule has 1 aliphatic rings. The molecular weight excluding hydrogens is 366 g/mol. The van der Waals surface area contributed by atoms with Crippen LogP contribution in [0.3, 0.4) is 0 Å². The van der Waals surface area contributed by atoms with E-state index >= 15 is 0 Å². The first-order chi connectivity index (χ1) is 14.2. The monoisotopic (exact) mass is 387 g/mol. The number of nitrogens with one attached hydrogen (secondary N) is 3. The van der Waals surface area contributed by atoms with Gasteiger partial charge in [-0.3, -0.25) is 14.0 Å². The van der Waals surface area contributed by atoms with Crippen LogP contribution in [-0.4, -0.2) is 38.8 Å². The minimum atomic E-state index is -0.279. The Morgan fingerprint density at radius 2 is 1.93 bits per heavy atom. The maximum Gasteiger partial charge on any atom is 0.287 e. The first-order valence-corrected chi connectivity index (χ1v) is 9.82. The average molecular weight is 387 g/mol. The summed E-state index contributed by atoms with van der Waals surface area (Å²) in [4.78, 5) is 32.9. The molecule has 1 aliphatic carbocycles. The molecule has 1 saturated carbocycles. The quantitative estimate of drug-likeness (QED) is 0.475. The fraction of sp³-hybridized carbons (Fsp3) is 0.227. The van der Waals surface area contributed by atoms with Crippen molar-refractivity contribution in [3.05, 3.63) is 71.9 Å². The predicted octanol–water partition coefficient (Wildman–Crippen LogP) is 2.68. The number of pyridine rings is 1. The van der Waals surface area contributed by atoms with Gasteiger partial charge in [-0.25, -0.2) is 4.98 Å². The van der Waals surface area contributed by atoms with E-state index < -0.39 is 0 Å². The fourth-order valence-corrected chi connectivity index (χ4v) is 3.58. The van der Waals surface area contributed by atoms with Gasteiger partial charge in [-0.15, -0.1) is 0 Å². The summed E-state index contributed by atoms with van der Waals surface area (Å²) in [6.07, 6.45) is 6.43. The number of aromatic amines is 1. The van der Waals surface area contributed by atoms with E-state index in [0.29, 0.717) is 18.5 Å². The normalized spacial score (nSPS) is 13.7. The molecular formula is C22H21N5O2. The number of para-hydroxylation sites is 1.